The molecule has 4 rings (SSSR count). The van der Waals surface area contributed by atoms with Gasteiger partial charge in [-0.05, 0) is 42.1 Å². The monoisotopic (exact) mass is 508 g/mol. The molecule has 2 aromatic carbocycles. The molecule has 11 heteroatoms. The number of nitro groups is 1. The molecular weight excluding hydrogens is 499 g/mol. The number of carbonyl (C=O) groups is 2. The molecule has 1 aliphatic rings. The van der Waals surface area contributed by atoms with Gasteiger partial charge in [0.15, 0.2) is 0 Å². The Bertz CT molecular complexity index is 1280. The van der Waals surface area contributed by atoms with E-state index in [-0.39, 0.29) is 33.7 Å². The van der Waals surface area contributed by atoms with Crippen molar-refractivity contribution in [3.63, 3.8) is 0 Å². The van der Waals surface area contributed by atoms with Crippen LogP contribution >= 0.6 is 46.6 Å². The third-order valence-corrected chi connectivity index (χ3v) is 6.52. The summed E-state index contributed by atoms with van der Waals surface area (Å²) < 4.78 is 5.70. The zero-order chi connectivity index (χ0) is 23.0. The summed E-state index contributed by atoms with van der Waals surface area (Å²) in [7, 11) is 0. The van der Waals surface area contributed by atoms with E-state index in [9.17, 15) is 19.7 Å². The van der Waals surface area contributed by atoms with Gasteiger partial charge in [0.1, 0.15) is 11.5 Å². The van der Waals surface area contributed by atoms with Crippen molar-refractivity contribution in [2.75, 3.05) is 0 Å². The van der Waals surface area contributed by atoms with Crippen LogP contribution in [-0.2, 0) is 11.3 Å². The number of non-ortho nitro benzene ring substituents is 1. The van der Waals surface area contributed by atoms with Gasteiger partial charge in [-0.3, -0.25) is 24.6 Å². The molecule has 2 heterocycles. The first-order chi connectivity index (χ1) is 15.2. The zero-order valence-electron chi connectivity index (χ0n) is 15.9. The molecule has 0 saturated carbocycles. The van der Waals surface area contributed by atoms with Gasteiger partial charge in [0.2, 0.25) is 0 Å². The lowest BCUT2D eigenvalue weighted by Crippen LogP contribution is -2.27. The van der Waals surface area contributed by atoms with Crippen LogP contribution in [0.25, 0.3) is 17.4 Å². The summed E-state index contributed by atoms with van der Waals surface area (Å²) in [6, 6.07) is 12.1. The predicted molar refractivity (Wildman–Crippen MR) is 124 cm³/mol. The second-order valence-electron chi connectivity index (χ2n) is 6.59. The Morgan fingerprint density at radius 3 is 2.44 bits per heavy atom. The molecule has 1 aliphatic heterocycles. The fourth-order valence-corrected chi connectivity index (χ4v) is 4.54. The molecule has 0 atom stereocenters. The van der Waals surface area contributed by atoms with Crippen LogP contribution < -0.4 is 0 Å². The highest BCUT2D eigenvalue weighted by Gasteiger charge is 2.36. The standard InChI is InChI=1S/C21H11Cl3N2O5S/c22-15-2-1-3-16(23)14(15)10-25-20(27)19(32-21(25)28)9-12-5-7-18(31-12)13-8-11(26(29)30)4-6-17(13)24/h1-9H,10H2/b19-9-. The molecule has 0 spiro atoms. The van der Waals surface area contributed by atoms with Crippen LogP contribution in [0.3, 0.4) is 0 Å². The first kappa shape index (κ1) is 22.4. The average molecular weight is 510 g/mol. The average Bonchev–Trinajstić information content (AvgIpc) is 3.30. The number of thioether (sulfide) groups is 1. The predicted octanol–water partition coefficient (Wildman–Crippen LogP) is 7.05. The Hall–Kier alpha value is -2.78. The first-order valence-electron chi connectivity index (χ1n) is 8.97. The number of halogens is 3. The molecule has 1 fully saturated rings. The SMILES string of the molecule is O=C1S/C(=C\c2ccc(-c3cc([N+](=O)[O-])ccc3Cl)o2)C(=O)N1Cc1c(Cl)cccc1Cl. The van der Waals surface area contributed by atoms with Crippen molar-refractivity contribution in [3.05, 3.63) is 89.9 Å². The molecule has 0 N–H and O–H groups in total. The van der Waals surface area contributed by atoms with Crippen molar-refractivity contribution in [1.82, 2.24) is 4.90 Å². The quantitative estimate of drug-likeness (QED) is 0.208. The minimum absolute atomic E-state index is 0.0623. The Kier molecular flexibility index (Phi) is 6.30. The summed E-state index contributed by atoms with van der Waals surface area (Å²) in [5, 5.41) is 11.5. The van der Waals surface area contributed by atoms with Crippen molar-refractivity contribution in [2.24, 2.45) is 0 Å². The number of nitro benzene ring substituents is 1. The molecule has 162 valence electrons. The summed E-state index contributed by atoms with van der Waals surface area (Å²) in [6.07, 6.45) is 1.42. The molecule has 1 aromatic heterocycles. The van der Waals surface area contributed by atoms with Gasteiger partial charge in [0.05, 0.1) is 21.4 Å². The third-order valence-electron chi connectivity index (χ3n) is 4.58. The fourth-order valence-electron chi connectivity index (χ4n) is 3.00. The summed E-state index contributed by atoms with van der Waals surface area (Å²) in [6.45, 7) is -0.0623. The first-order valence-corrected chi connectivity index (χ1v) is 10.9. The molecule has 7 nitrogen and oxygen atoms in total. The number of imide groups is 1. The van der Waals surface area contributed by atoms with Gasteiger partial charge in [-0.25, -0.2) is 0 Å². The zero-order valence-corrected chi connectivity index (χ0v) is 19.0. The van der Waals surface area contributed by atoms with E-state index in [2.05, 4.69) is 0 Å². The summed E-state index contributed by atoms with van der Waals surface area (Å²) in [4.78, 5) is 36.9. The third kappa shape index (κ3) is 4.40. The van der Waals surface area contributed by atoms with Gasteiger partial charge < -0.3 is 4.42 Å². The maximum atomic E-state index is 12.8. The van der Waals surface area contributed by atoms with Gasteiger partial charge >= 0.3 is 0 Å². The smallest absolute Gasteiger partial charge is 0.293 e. The normalized spacial score (nSPS) is 15.1. The maximum absolute atomic E-state index is 12.8. The van der Waals surface area contributed by atoms with E-state index in [4.69, 9.17) is 39.2 Å². The molecule has 3 aromatic rings. The fraction of sp³-hybridized carbons (Fsp3) is 0.0476. The lowest BCUT2D eigenvalue weighted by molar-refractivity contribution is -0.384. The van der Waals surface area contributed by atoms with Crippen LogP contribution in [0.5, 0.6) is 0 Å². The van der Waals surface area contributed by atoms with E-state index in [1.165, 1.54) is 24.3 Å². The summed E-state index contributed by atoms with van der Waals surface area (Å²) >= 11 is 19.2. The Balaban J connectivity index is 1.59. The summed E-state index contributed by atoms with van der Waals surface area (Å²) in [5.41, 5.74) is 0.670. The Labute approximate surface area is 200 Å². The largest absolute Gasteiger partial charge is 0.457 e. The number of hydrogen-bond donors (Lipinski definition) is 0. The number of rotatable bonds is 5. The lowest BCUT2D eigenvalue weighted by atomic mass is 10.1. The number of benzene rings is 2. The van der Waals surface area contributed by atoms with Crippen molar-refractivity contribution in [3.8, 4) is 11.3 Å². The van der Waals surface area contributed by atoms with Gasteiger partial charge in [0.25, 0.3) is 16.8 Å². The van der Waals surface area contributed by atoms with Crippen LogP contribution in [0.1, 0.15) is 11.3 Å². The highest BCUT2D eigenvalue weighted by Crippen LogP contribution is 2.37. The number of furan rings is 1. The highest BCUT2D eigenvalue weighted by molar-refractivity contribution is 8.18. The maximum Gasteiger partial charge on any atom is 0.293 e. The minimum Gasteiger partial charge on any atom is -0.457 e. The van der Waals surface area contributed by atoms with Gasteiger partial charge in [-0.2, -0.15) is 0 Å². The lowest BCUT2D eigenvalue weighted by Gasteiger charge is -2.14. The molecule has 0 radical (unpaired) electrons. The van der Waals surface area contributed by atoms with Crippen LogP contribution in [0.4, 0.5) is 10.5 Å². The molecule has 1 saturated heterocycles. The second kappa shape index (κ2) is 8.99. The molecule has 0 bridgehead atoms. The number of carbonyl (C=O) groups excluding carboxylic acids is 2. The molecule has 32 heavy (non-hydrogen) atoms. The van der Waals surface area contributed by atoms with Crippen LogP contribution in [0, 0.1) is 10.1 Å². The van der Waals surface area contributed by atoms with Crippen molar-refractivity contribution in [2.45, 2.75) is 6.54 Å². The van der Waals surface area contributed by atoms with Crippen LogP contribution in [-0.4, -0.2) is 21.0 Å². The van der Waals surface area contributed by atoms with E-state index >= 15 is 0 Å². The van der Waals surface area contributed by atoms with E-state index in [0.29, 0.717) is 21.2 Å². The molecular formula is C21H11Cl3N2O5S. The van der Waals surface area contributed by atoms with E-state index < -0.39 is 16.1 Å². The van der Waals surface area contributed by atoms with Gasteiger partial charge in [0, 0.05) is 39.4 Å². The Morgan fingerprint density at radius 2 is 1.75 bits per heavy atom. The number of amides is 2. The van der Waals surface area contributed by atoms with Gasteiger partial charge in [-0.1, -0.05) is 40.9 Å². The number of hydrogen-bond acceptors (Lipinski definition) is 6. The molecule has 0 unspecified atom stereocenters. The van der Waals surface area contributed by atoms with E-state index in [1.54, 1.807) is 30.3 Å². The van der Waals surface area contributed by atoms with Crippen LogP contribution in [0.15, 0.2) is 57.9 Å². The highest BCUT2D eigenvalue weighted by atomic mass is 35.5. The summed E-state index contributed by atoms with van der Waals surface area (Å²) in [5.74, 6) is 0.0539. The van der Waals surface area contributed by atoms with E-state index in [1.807, 2.05) is 0 Å². The second-order valence-corrected chi connectivity index (χ2v) is 8.81. The van der Waals surface area contributed by atoms with Crippen molar-refractivity contribution >= 4 is 69.5 Å². The van der Waals surface area contributed by atoms with Crippen molar-refractivity contribution in [1.29, 1.82) is 0 Å². The Morgan fingerprint density at radius 1 is 1.03 bits per heavy atom. The van der Waals surface area contributed by atoms with Gasteiger partial charge in [-0.15, -0.1) is 0 Å². The topological polar surface area (TPSA) is 93.7 Å². The minimum atomic E-state index is -0.537. The van der Waals surface area contributed by atoms with Crippen molar-refractivity contribution < 1.29 is 18.9 Å². The van der Waals surface area contributed by atoms with E-state index in [0.717, 1.165) is 16.7 Å². The number of nitrogens with zero attached hydrogens (tertiary/aromatic N) is 2. The molecule has 2 amide bonds. The van der Waals surface area contributed by atoms with Crippen LogP contribution in [0.2, 0.25) is 15.1 Å². The molecule has 0 aliphatic carbocycles.